The van der Waals surface area contributed by atoms with E-state index in [-0.39, 0.29) is 12.6 Å². The normalized spacial score (nSPS) is 21.7. The van der Waals surface area contributed by atoms with Gasteiger partial charge in [-0.2, -0.15) is 4.31 Å². The maximum absolute atomic E-state index is 14.2. The smallest absolute Gasteiger partial charge is 0.246 e. The van der Waals surface area contributed by atoms with Crippen LogP contribution in [0.15, 0.2) is 17.0 Å². The molecule has 0 saturated carbocycles. The average molecular weight is 320 g/mol. The molecule has 8 heteroatoms. The van der Waals surface area contributed by atoms with Gasteiger partial charge in [-0.05, 0) is 26.1 Å². The van der Waals surface area contributed by atoms with Crippen LogP contribution in [0.1, 0.15) is 12.5 Å². The molecule has 0 aliphatic carbocycles. The summed E-state index contributed by atoms with van der Waals surface area (Å²) in [4.78, 5) is 1.39. The highest BCUT2D eigenvalue weighted by atomic mass is 32.2. The Bertz CT molecular complexity index is 637. The number of nitrogens with zero attached hydrogens (tertiary/aromatic N) is 2. The minimum Gasteiger partial charge on any atom is -0.391 e. The summed E-state index contributed by atoms with van der Waals surface area (Å²) in [7, 11) is -2.18. The van der Waals surface area contributed by atoms with Crippen LogP contribution >= 0.6 is 0 Å². The maximum atomic E-state index is 14.2. The van der Waals surface area contributed by atoms with E-state index in [1.54, 1.807) is 6.92 Å². The number of halogens is 2. The van der Waals surface area contributed by atoms with Crippen molar-refractivity contribution in [3.63, 3.8) is 0 Å². The van der Waals surface area contributed by atoms with Gasteiger partial charge in [0.15, 0.2) is 5.82 Å². The molecule has 0 bridgehead atoms. The van der Waals surface area contributed by atoms with E-state index >= 15 is 0 Å². The third-order valence-electron chi connectivity index (χ3n) is 3.66. The van der Waals surface area contributed by atoms with Crippen molar-refractivity contribution in [3.05, 3.63) is 29.3 Å². The Labute approximate surface area is 122 Å². The second-order valence-corrected chi connectivity index (χ2v) is 7.08. The number of piperazine rings is 1. The highest BCUT2D eigenvalue weighted by Gasteiger charge is 2.35. The molecule has 0 amide bonds. The molecule has 1 heterocycles. The van der Waals surface area contributed by atoms with Gasteiger partial charge in [0, 0.05) is 25.7 Å². The molecule has 1 fully saturated rings. The van der Waals surface area contributed by atoms with E-state index in [0.717, 1.165) is 12.1 Å². The van der Waals surface area contributed by atoms with Crippen LogP contribution in [-0.2, 0) is 16.6 Å². The summed E-state index contributed by atoms with van der Waals surface area (Å²) >= 11 is 0. The van der Waals surface area contributed by atoms with Crippen molar-refractivity contribution >= 4 is 10.0 Å². The topological polar surface area (TPSA) is 60.9 Å². The Morgan fingerprint density at radius 1 is 1.33 bits per heavy atom. The van der Waals surface area contributed by atoms with Crippen molar-refractivity contribution in [2.45, 2.75) is 24.5 Å². The van der Waals surface area contributed by atoms with Gasteiger partial charge in [0.25, 0.3) is 0 Å². The molecule has 2 rings (SSSR count). The number of aliphatic hydroxyl groups excluding tert-OH is 1. The van der Waals surface area contributed by atoms with E-state index in [1.165, 1.54) is 4.31 Å². The molecule has 5 nitrogen and oxygen atoms in total. The van der Waals surface area contributed by atoms with Crippen molar-refractivity contribution in [2.75, 3.05) is 26.7 Å². The molecule has 1 aliphatic heterocycles. The Kier molecular flexibility index (Phi) is 4.62. The van der Waals surface area contributed by atoms with E-state index in [1.807, 2.05) is 11.9 Å². The lowest BCUT2D eigenvalue weighted by Gasteiger charge is -2.37. The first-order valence-electron chi connectivity index (χ1n) is 6.57. The van der Waals surface area contributed by atoms with E-state index in [0.29, 0.717) is 13.1 Å². The average Bonchev–Trinajstić information content (AvgIpc) is 2.38. The zero-order valence-corrected chi connectivity index (χ0v) is 12.7. The summed E-state index contributed by atoms with van der Waals surface area (Å²) in [5.74, 6) is -2.18. The van der Waals surface area contributed by atoms with E-state index in [4.69, 9.17) is 5.11 Å². The van der Waals surface area contributed by atoms with Crippen molar-refractivity contribution in [2.24, 2.45) is 0 Å². The lowest BCUT2D eigenvalue weighted by atomic mass is 10.2. The molecule has 1 saturated heterocycles. The van der Waals surface area contributed by atoms with E-state index < -0.39 is 38.7 Å². The van der Waals surface area contributed by atoms with Crippen molar-refractivity contribution in [1.82, 2.24) is 9.21 Å². The van der Waals surface area contributed by atoms with Crippen LogP contribution in [0.4, 0.5) is 8.78 Å². The highest BCUT2D eigenvalue weighted by molar-refractivity contribution is 7.89. The summed E-state index contributed by atoms with van der Waals surface area (Å²) in [6.45, 7) is 2.17. The number of benzene rings is 1. The largest absolute Gasteiger partial charge is 0.391 e. The predicted octanol–water partition coefficient (Wildman–Crippen LogP) is 0.782. The molecule has 1 unspecified atom stereocenters. The Morgan fingerprint density at radius 3 is 2.57 bits per heavy atom. The summed E-state index contributed by atoms with van der Waals surface area (Å²) in [6.07, 6.45) is 0. The number of hydrogen-bond donors (Lipinski definition) is 1. The van der Waals surface area contributed by atoms with Crippen LogP contribution in [0.5, 0.6) is 0 Å². The molecule has 0 spiro atoms. The second-order valence-electron chi connectivity index (χ2n) is 5.22. The minimum atomic E-state index is -4.06. The molecule has 1 aromatic carbocycles. The standard InChI is InChI=1S/C13H18F2N2O3S/c1-9-7-16(2)5-6-17(9)21(19,20)12-4-3-11(14)10(8-18)13(12)15/h3-4,9,18H,5-8H2,1-2H3. The summed E-state index contributed by atoms with van der Waals surface area (Å²) in [6, 6.07) is 1.46. The van der Waals surface area contributed by atoms with Crippen molar-refractivity contribution in [1.29, 1.82) is 0 Å². The second kappa shape index (κ2) is 5.96. The number of sulfonamides is 1. The first kappa shape index (κ1) is 16.3. The fourth-order valence-corrected chi connectivity index (χ4v) is 4.23. The van der Waals surface area contributed by atoms with Gasteiger partial charge in [-0.3, -0.25) is 0 Å². The van der Waals surface area contributed by atoms with Gasteiger partial charge in [-0.25, -0.2) is 17.2 Å². The summed E-state index contributed by atoms with van der Waals surface area (Å²) in [5.41, 5.74) is -0.627. The van der Waals surface area contributed by atoms with Gasteiger partial charge >= 0.3 is 0 Å². The van der Waals surface area contributed by atoms with Crippen molar-refractivity contribution in [3.8, 4) is 0 Å². The Morgan fingerprint density at radius 2 is 2.00 bits per heavy atom. The van der Waals surface area contributed by atoms with Gasteiger partial charge in [-0.1, -0.05) is 0 Å². The molecule has 118 valence electrons. The van der Waals surface area contributed by atoms with Crippen LogP contribution in [0.25, 0.3) is 0 Å². The van der Waals surface area contributed by atoms with Crippen LogP contribution in [-0.4, -0.2) is 55.5 Å². The molecule has 0 radical (unpaired) electrons. The predicted molar refractivity (Wildman–Crippen MR) is 73.1 cm³/mol. The molecule has 1 aromatic rings. The number of hydrogen-bond acceptors (Lipinski definition) is 4. The monoisotopic (exact) mass is 320 g/mol. The molecular weight excluding hydrogens is 302 g/mol. The van der Waals surface area contributed by atoms with Gasteiger partial charge in [0.05, 0.1) is 12.2 Å². The van der Waals surface area contributed by atoms with Crippen LogP contribution < -0.4 is 0 Å². The lowest BCUT2D eigenvalue weighted by Crippen LogP contribution is -2.52. The molecule has 1 aliphatic rings. The first-order chi connectivity index (χ1) is 9.78. The molecular formula is C13H18F2N2O3S. The van der Waals surface area contributed by atoms with Crippen LogP contribution in [0, 0.1) is 11.6 Å². The summed E-state index contributed by atoms with van der Waals surface area (Å²) in [5, 5.41) is 8.99. The number of likely N-dealkylation sites (N-methyl/N-ethyl adjacent to an activating group) is 1. The Balaban J connectivity index is 2.45. The SMILES string of the molecule is CC1CN(C)CCN1S(=O)(=O)c1ccc(F)c(CO)c1F. The van der Waals surface area contributed by atoms with Gasteiger partial charge in [0.2, 0.25) is 10.0 Å². The van der Waals surface area contributed by atoms with Gasteiger partial charge < -0.3 is 10.0 Å². The van der Waals surface area contributed by atoms with Crippen LogP contribution in [0.3, 0.4) is 0 Å². The zero-order valence-electron chi connectivity index (χ0n) is 11.9. The summed E-state index contributed by atoms with van der Waals surface area (Å²) < 4.78 is 53.9. The van der Waals surface area contributed by atoms with Crippen LogP contribution in [0.2, 0.25) is 0 Å². The highest BCUT2D eigenvalue weighted by Crippen LogP contribution is 2.26. The van der Waals surface area contributed by atoms with Gasteiger partial charge in [0.1, 0.15) is 10.7 Å². The zero-order chi connectivity index (χ0) is 15.8. The fraction of sp³-hybridized carbons (Fsp3) is 0.538. The van der Waals surface area contributed by atoms with E-state index in [2.05, 4.69) is 0 Å². The van der Waals surface area contributed by atoms with Crippen molar-refractivity contribution < 1.29 is 22.3 Å². The number of rotatable bonds is 3. The number of aliphatic hydroxyl groups is 1. The molecule has 1 atom stereocenters. The molecule has 0 aromatic heterocycles. The maximum Gasteiger partial charge on any atom is 0.246 e. The molecule has 1 N–H and O–H groups in total. The fourth-order valence-electron chi connectivity index (χ4n) is 2.53. The third kappa shape index (κ3) is 2.94. The third-order valence-corrected chi connectivity index (χ3v) is 5.70. The van der Waals surface area contributed by atoms with E-state index in [9.17, 15) is 17.2 Å². The Hall–Kier alpha value is -1.09. The molecule has 21 heavy (non-hydrogen) atoms. The first-order valence-corrected chi connectivity index (χ1v) is 8.01. The lowest BCUT2D eigenvalue weighted by molar-refractivity contribution is 0.170. The van der Waals surface area contributed by atoms with Gasteiger partial charge in [-0.15, -0.1) is 0 Å². The minimum absolute atomic E-state index is 0.241. The quantitative estimate of drug-likeness (QED) is 0.894.